The Morgan fingerprint density at radius 1 is 0.531 bits per heavy atom. The molecule has 2 aromatic carbocycles. The molecule has 6 rings (SSSR count). The van der Waals surface area contributed by atoms with Gasteiger partial charge in [-0.15, -0.1) is 0 Å². The van der Waals surface area contributed by atoms with Crippen molar-refractivity contribution in [2.75, 3.05) is 0 Å². The molecular weight excluding hydrogens is 394 g/mol. The molecule has 0 spiro atoms. The first-order valence-corrected chi connectivity index (χ1v) is 10.8. The van der Waals surface area contributed by atoms with Crippen molar-refractivity contribution in [2.45, 2.75) is 18.9 Å². The molecule has 0 aliphatic rings. The Bertz CT molecular complexity index is 1490. The van der Waals surface area contributed by atoms with Crippen LogP contribution < -0.4 is 5.73 Å². The number of rotatable bonds is 4. The van der Waals surface area contributed by atoms with Crippen LogP contribution in [0.4, 0.5) is 0 Å². The fourth-order valence-corrected chi connectivity index (χ4v) is 4.37. The van der Waals surface area contributed by atoms with Crippen LogP contribution >= 0.6 is 0 Å². The van der Waals surface area contributed by atoms with E-state index in [-0.39, 0.29) is 6.04 Å². The fraction of sp³-hybridized carbons (Fsp3) is 0.111. The van der Waals surface area contributed by atoms with E-state index in [0.29, 0.717) is 12.8 Å². The van der Waals surface area contributed by atoms with E-state index in [2.05, 4.69) is 70.6 Å². The third kappa shape index (κ3) is 3.33. The van der Waals surface area contributed by atoms with E-state index >= 15 is 0 Å². The smallest absolute Gasteiger partial charge is 0.0967 e. The van der Waals surface area contributed by atoms with E-state index in [1.54, 1.807) is 0 Å². The van der Waals surface area contributed by atoms with E-state index in [9.17, 15) is 0 Å². The van der Waals surface area contributed by atoms with Crippen molar-refractivity contribution in [3.8, 4) is 0 Å². The van der Waals surface area contributed by atoms with Gasteiger partial charge in [0, 0.05) is 64.2 Å². The van der Waals surface area contributed by atoms with E-state index in [0.717, 1.165) is 55.0 Å². The normalized spacial score (nSPS) is 11.8. The molecule has 4 aromatic heterocycles. The van der Waals surface area contributed by atoms with Crippen molar-refractivity contribution in [1.82, 2.24) is 19.9 Å². The van der Waals surface area contributed by atoms with Gasteiger partial charge in [0.15, 0.2) is 0 Å². The molecule has 0 fully saturated rings. The molecular formula is C27H21N5. The van der Waals surface area contributed by atoms with Gasteiger partial charge in [-0.2, -0.15) is 0 Å². The van der Waals surface area contributed by atoms with Crippen molar-refractivity contribution in [3.63, 3.8) is 0 Å². The third-order valence-corrected chi connectivity index (χ3v) is 5.92. The van der Waals surface area contributed by atoms with Crippen LogP contribution in [0.2, 0.25) is 0 Å². The van der Waals surface area contributed by atoms with Gasteiger partial charge in [-0.1, -0.05) is 48.5 Å². The molecule has 0 aliphatic carbocycles. The minimum Gasteiger partial charge on any atom is -0.327 e. The first kappa shape index (κ1) is 18.8. The van der Waals surface area contributed by atoms with Gasteiger partial charge in [0.2, 0.25) is 0 Å². The number of nitrogens with two attached hydrogens (primary N) is 1. The number of nitrogens with zero attached hydrogens (tertiary/aromatic N) is 4. The Morgan fingerprint density at radius 3 is 1.41 bits per heavy atom. The predicted molar refractivity (Wildman–Crippen MR) is 129 cm³/mol. The monoisotopic (exact) mass is 415 g/mol. The summed E-state index contributed by atoms with van der Waals surface area (Å²) in [6.45, 7) is 0. The number of benzene rings is 2. The Labute approximate surface area is 185 Å². The summed E-state index contributed by atoms with van der Waals surface area (Å²) in [6.07, 6.45) is 4.97. The second-order valence-electron chi connectivity index (χ2n) is 8.20. The van der Waals surface area contributed by atoms with Crippen LogP contribution in [0, 0.1) is 0 Å². The van der Waals surface area contributed by atoms with Gasteiger partial charge < -0.3 is 5.73 Å². The molecule has 0 amide bonds. The highest BCUT2D eigenvalue weighted by atomic mass is 14.8. The average molecular weight is 416 g/mol. The lowest BCUT2D eigenvalue weighted by Crippen LogP contribution is -2.26. The van der Waals surface area contributed by atoms with Gasteiger partial charge in [0.25, 0.3) is 0 Å². The summed E-state index contributed by atoms with van der Waals surface area (Å²) in [4.78, 5) is 18.9. The highest BCUT2D eigenvalue weighted by Gasteiger charge is 2.11. The summed E-state index contributed by atoms with van der Waals surface area (Å²) in [5.41, 5.74) is 12.2. The summed E-state index contributed by atoms with van der Waals surface area (Å²) < 4.78 is 0. The van der Waals surface area contributed by atoms with Gasteiger partial charge in [-0.25, -0.2) is 0 Å². The molecule has 4 heterocycles. The van der Waals surface area contributed by atoms with Crippen molar-refractivity contribution in [2.24, 2.45) is 5.73 Å². The number of hydrogen-bond acceptors (Lipinski definition) is 5. The SMILES string of the molecule is NC(Cc1ccc2ccc3cccnc3c2n1)Cc1ccc2ccc3cccnc3c2n1. The highest BCUT2D eigenvalue weighted by molar-refractivity contribution is 6.03. The van der Waals surface area contributed by atoms with Crippen LogP contribution in [0.15, 0.2) is 85.2 Å². The Morgan fingerprint density at radius 2 is 0.938 bits per heavy atom. The van der Waals surface area contributed by atoms with Gasteiger partial charge in [0.05, 0.1) is 22.1 Å². The molecule has 0 saturated carbocycles. The van der Waals surface area contributed by atoms with Crippen LogP contribution in [0.25, 0.3) is 43.6 Å². The molecule has 0 atom stereocenters. The van der Waals surface area contributed by atoms with Crippen molar-refractivity contribution < 1.29 is 0 Å². The average Bonchev–Trinajstić information content (AvgIpc) is 2.84. The number of aromatic nitrogens is 4. The number of fused-ring (bicyclic) bond motifs is 6. The maximum Gasteiger partial charge on any atom is 0.0967 e. The molecule has 0 radical (unpaired) electrons. The minimum atomic E-state index is -0.0872. The lowest BCUT2D eigenvalue weighted by atomic mass is 10.0. The first-order chi connectivity index (χ1) is 15.7. The van der Waals surface area contributed by atoms with Crippen LogP contribution in [-0.4, -0.2) is 26.0 Å². The summed E-state index contributed by atoms with van der Waals surface area (Å²) >= 11 is 0. The fourth-order valence-electron chi connectivity index (χ4n) is 4.37. The maximum atomic E-state index is 6.54. The van der Waals surface area contributed by atoms with Gasteiger partial charge >= 0.3 is 0 Å². The zero-order valence-corrected chi connectivity index (χ0v) is 17.4. The first-order valence-electron chi connectivity index (χ1n) is 10.8. The largest absolute Gasteiger partial charge is 0.327 e. The Balaban J connectivity index is 1.30. The lowest BCUT2D eigenvalue weighted by molar-refractivity contribution is 0.647. The quantitative estimate of drug-likeness (QED) is 0.410. The third-order valence-electron chi connectivity index (χ3n) is 5.92. The molecule has 0 bridgehead atoms. The van der Waals surface area contributed by atoms with Gasteiger partial charge in [0.1, 0.15) is 0 Å². The molecule has 5 nitrogen and oxygen atoms in total. The molecule has 0 saturated heterocycles. The van der Waals surface area contributed by atoms with Crippen LogP contribution in [-0.2, 0) is 12.8 Å². The van der Waals surface area contributed by atoms with E-state index in [1.165, 1.54) is 0 Å². The number of hydrogen-bond donors (Lipinski definition) is 1. The second-order valence-corrected chi connectivity index (χ2v) is 8.20. The summed E-state index contributed by atoms with van der Waals surface area (Å²) in [6, 6.07) is 24.6. The van der Waals surface area contributed by atoms with Crippen molar-refractivity contribution >= 4 is 43.6 Å². The summed E-state index contributed by atoms with van der Waals surface area (Å²) in [5, 5.41) is 4.36. The summed E-state index contributed by atoms with van der Waals surface area (Å²) in [7, 11) is 0. The van der Waals surface area contributed by atoms with E-state index < -0.39 is 0 Å². The molecule has 0 aliphatic heterocycles. The van der Waals surface area contributed by atoms with Crippen molar-refractivity contribution in [1.29, 1.82) is 0 Å². The van der Waals surface area contributed by atoms with Gasteiger partial charge in [-0.3, -0.25) is 19.9 Å². The van der Waals surface area contributed by atoms with Crippen molar-refractivity contribution in [3.05, 3.63) is 96.6 Å². The molecule has 0 unspecified atom stereocenters. The molecule has 2 N–H and O–H groups in total. The molecule has 6 aromatic rings. The van der Waals surface area contributed by atoms with Crippen LogP contribution in [0.5, 0.6) is 0 Å². The highest BCUT2D eigenvalue weighted by Crippen LogP contribution is 2.24. The van der Waals surface area contributed by atoms with Crippen LogP contribution in [0.1, 0.15) is 11.4 Å². The zero-order chi connectivity index (χ0) is 21.5. The number of pyridine rings is 4. The van der Waals surface area contributed by atoms with Gasteiger partial charge in [-0.05, 0) is 24.3 Å². The summed E-state index contributed by atoms with van der Waals surface area (Å²) in [5.74, 6) is 0. The predicted octanol–water partition coefficient (Wildman–Crippen LogP) is 4.99. The lowest BCUT2D eigenvalue weighted by Gasteiger charge is -2.13. The minimum absolute atomic E-state index is 0.0872. The second kappa shape index (κ2) is 7.62. The van der Waals surface area contributed by atoms with E-state index in [4.69, 9.17) is 15.7 Å². The topological polar surface area (TPSA) is 77.6 Å². The molecule has 32 heavy (non-hydrogen) atoms. The standard InChI is InChI=1S/C27H21N5/c28-21(15-22-11-9-19-7-5-17-3-1-13-29-24(17)26(19)31-22)16-23-12-10-20-8-6-18-4-2-14-30-25(18)27(20)32-23/h1-14,21H,15-16,28H2. The van der Waals surface area contributed by atoms with E-state index in [1.807, 2.05) is 24.5 Å². The molecule has 5 heteroatoms. The molecule has 154 valence electrons. The Hall–Kier alpha value is -3.96. The zero-order valence-electron chi connectivity index (χ0n) is 17.4. The van der Waals surface area contributed by atoms with Crippen LogP contribution in [0.3, 0.4) is 0 Å². The Kier molecular flexibility index (Phi) is 4.47. The maximum absolute atomic E-state index is 6.54.